The van der Waals surface area contributed by atoms with Crippen molar-refractivity contribution in [3.63, 3.8) is 0 Å². The van der Waals surface area contributed by atoms with Crippen molar-refractivity contribution in [2.24, 2.45) is 0 Å². The van der Waals surface area contributed by atoms with Crippen LogP contribution in [0, 0.1) is 0 Å². The summed E-state index contributed by atoms with van der Waals surface area (Å²) in [5.41, 5.74) is 0.569. The fourth-order valence-electron chi connectivity index (χ4n) is 2.52. The van der Waals surface area contributed by atoms with E-state index < -0.39 is 23.4 Å². The molecule has 2 aromatic rings. The number of ketones is 1. The number of pyridine rings is 1. The van der Waals surface area contributed by atoms with Gasteiger partial charge in [-0.15, -0.1) is 0 Å². The number of fused-ring (bicyclic) bond motifs is 1. The summed E-state index contributed by atoms with van der Waals surface area (Å²) in [6.45, 7) is 0. The van der Waals surface area contributed by atoms with Crippen molar-refractivity contribution in [1.82, 2.24) is 4.98 Å². The average Bonchev–Trinajstić information content (AvgIpc) is 2.39. The van der Waals surface area contributed by atoms with Crippen LogP contribution in [0.4, 0.5) is 13.2 Å². The highest BCUT2D eigenvalue weighted by Gasteiger charge is 2.39. The van der Waals surface area contributed by atoms with Gasteiger partial charge in [-0.05, 0) is 23.6 Å². The minimum atomic E-state index is -4.54. The van der Waals surface area contributed by atoms with Gasteiger partial charge in [0, 0.05) is 18.0 Å². The Morgan fingerprint density at radius 3 is 2.65 bits per heavy atom. The molecule has 1 unspecified atom stereocenters. The Labute approximate surface area is 113 Å². The molecule has 20 heavy (non-hydrogen) atoms. The van der Waals surface area contributed by atoms with E-state index in [4.69, 9.17) is 0 Å². The van der Waals surface area contributed by atoms with Gasteiger partial charge in [0.15, 0.2) is 5.78 Å². The summed E-state index contributed by atoms with van der Waals surface area (Å²) in [4.78, 5) is 16.0. The average molecular weight is 277 g/mol. The summed E-state index contributed by atoms with van der Waals surface area (Å²) in [5, 5.41) is 0. The van der Waals surface area contributed by atoms with E-state index in [1.807, 2.05) is 12.1 Å². The summed E-state index contributed by atoms with van der Waals surface area (Å²) in [6.07, 6.45) is -2.00. The Hall–Kier alpha value is -2.17. The maximum Gasteiger partial charge on any atom is 0.417 e. The predicted molar refractivity (Wildman–Crippen MR) is 66.5 cm³/mol. The van der Waals surface area contributed by atoms with E-state index in [9.17, 15) is 18.0 Å². The fourth-order valence-corrected chi connectivity index (χ4v) is 2.52. The van der Waals surface area contributed by atoms with Crippen LogP contribution in [0.1, 0.15) is 33.0 Å². The molecular formula is C15H10F3NO. The Morgan fingerprint density at radius 1 is 1.20 bits per heavy atom. The molecule has 0 N–H and O–H groups in total. The van der Waals surface area contributed by atoms with Crippen molar-refractivity contribution >= 4 is 5.78 Å². The summed E-state index contributed by atoms with van der Waals surface area (Å²) >= 11 is 0. The van der Waals surface area contributed by atoms with Crippen LogP contribution in [0.25, 0.3) is 0 Å². The molecule has 0 saturated heterocycles. The molecular weight excluding hydrogens is 267 g/mol. The molecule has 1 atom stereocenters. The van der Waals surface area contributed by atoms with E-state index in [1.165, 1.54) is 0 Å². The number of carbonyl (C=O) groups excluding carboxylic acids is 1. The third-order valence-electron chi connectivity index (χ3n) is 3.56. The van der Waals surface area contributed by atoms with Crippen LogP contribution >= 0.6 is 0 Å². The molecule has 2 nitrogen and oxygen atoms in total. The highest BCUT2D eigenvalue weighted by atomic mass is 19.4. The van der Waals surface area contributed by atoms with Crippen molar-refractivity contribution < 1.29 is 18.0 Å². The molecule has 0 aliphatic heterocycles. The number of nitrogens with zero attached hydrogens (tertiary/aromatic N) is 1. The lowest BCUT2D eigenvalue weighted by molar-refractivity contribution is -0.138. The SMILES string of the molecule is O=C(c1cnccc1C(F)(F)F)C1Cc2ccccc21. The van der Waals surface area contributed by atoms with Crippen LogP contribution in [-0.4, -0.2) is 10.8 Å². The lowest BCUT2D eigenvalue weighted by Gasteiger charge is -2.29. The lowest BCUT2D eigenvalue weighted by Crippen LogP contribution is -2.27. The number of hydrogen-bond acceptors (Lipinski definition) is 2. The fraction of sp³-hybridized carbons (Fsp3) is 0.200. The van der Waals surface area contributed by atoms with Crippen molar-refractivity contribution in [1.29, 1.82) is 0 Å². The minimum Gasteiger partial charge on any atom is -0.293 e. The standard InChI is InChI=1S/C15H10F3NO/c16-15(17,18)13-5-6-19-8-12(13)14(20)11-7-9-3-1-2-4-10(9)11/h1-6,8,11H,7H2. The Morgan fingerprint density at radius 2 is 1.95 bits per heavy atom. The van der Waals surface area contributed by atoms with Crippen molar-refractivity contribution in [2.75, 3.05) is 0 Å². The molecule has 5 heteroatoms. The van der Waals surface area contributed by atoms with E-state index in [2.05, 4.69) is 4.98 Å². The van der Waals surface area contributed by atoms with Crippen LogP contribution in [-0.2, 0) is 12.6 Å². The van der Waals surface area contributed by atoms with Crippen LogP contribution in [0.15, 0.2) is 42.7 Å². The second kappa shape index (κ2) is 4.44. The van der Waals surface area contributed by atoms with Gasteiger partial charge in [-0.1, -0.05) is 24.3 Å². The van der Waals surface area contributed by atoms with Crippen LogP contribution in [0.3, 0.4) is 0 Å². The monoisotopic (exact) mass is 277 g/mol. The summed E-state index contributed by atoms with van der Waals surface area (Å²) < 4.78 is 38.7. The number of carbonyl (C=O) groups is 1. The van der Waals surface area contributed by atoms with Gasteiger partial charge in [0.2, 0.25) is 0 Å². The molecule has 0 fully saturated rings. The molecule has 0 radical (unpaired) electrons. The van der Waals surface area contributed by atoms with Crippen LogP contribution in [0.2, 0.25) is 0 Å². The maximum absolute atomic E-state index is 12.9. The Kier molecular flexibility index (Phi) is 2.85. The maximum atomic E-state index is 12.9. The Bertz CT molecular complexity index is 679. The second-order valence-electron chi connectivity index (χ2n) is 4.74. The second-order valence-corrected chi connectivity index (χ2v) is 4.74. The molecule has 0 spiro atoms. The summed E-state index contributed by atoms with van der Waals surface area (Å²) in [6, 6.07) is 8.15. The van der Waals surface area contributed by atoms with Crippen molar-refractivity contribution in [3.8, 4) is 0 Å². The number of Topliss-reactive ketones (excluding diaryl/α,β-unsaturated/α-hetero) is 1. The number of halogens is 3. The first-order valence-electron chi connectivity index (χ1n) is 6.11. The van der Waals surface area contributed by atoms with Gasteiger partial charge in [-0.3, -0.25) is 9.78 Å². The number of hydrogen-bond donors (Lipinski definition) is 0. The molecule has 1 heterocycles. The van der Waals surface area contributed by atoms with E-state index in [1.54, 1.807) is 12.1 Å². The normalized spacial score (nSPS) is 17.2. The molecule has 0 amide bonds. The number of alkyl halides is 3. The molecule has 1 aromatic carbocycles. The first kappa shape index (κ1) is 12.8. The number of benzene rings is 1. The largest absolute Gasteiger partial charge is 0.417 e. The highest BCUT2D eigenvalue weighted by molar-refractivity contribution is 6.03. The molecule has 0 bridgehead atoms. The third-order valence-corrected chi connectivity index (χ3v) is 3.56. The topological polar surface area (TPSA) is 30.0 Å². The lowest BCUT2D eigenvalue weighted by atomic mass is 9.73. The first-order valence-corrected chi connectivity index (χ1v) is 6.11. The van der Waals surface area contributed by atoms with E-state index in [-0.39, 0.29) is 5.56 Å². The quantitative estimate of drug-likeness (QED) is 0.785. The highest BCUT2D eigenvalue weighted by Crippen LogP contribution is 2.39. The molecule has 3 rings (SSSR count). The van der Waals surface area contributed by atoms with Crippen LogP contribution < -0.4 is 0 Å². The van der Waals surface area contributed by atoms with Gasteiger partial charge >= 0.3 is 6.18 Å². The van der Waals surface area contributed by atoms with Gasteiger partial charge < -0.3 is 0 Å². The molecule has 1 aliphatic carbocycles. The van der Waals surface area contributed by atoms with Gasteiger partial charge in [0.05, 0.1) is 11.5 Å². The zero-order valence-corrected chi connectivity index (χ0v) is 10.3. The summed E-state index contributed by atoms with van der Waals surface area (Å²) in [5.74, 6) is -0.999. The van der Waals surface area contributed by atoms with E-state index in [0.29, 0.717) is 6.42 Å². The molecule has 0 saturated carbocycles. The molecule has 1 aromatic heterocycles. The first-order chi connectivity index (χ1) is 9.48. The molecule has 1 aliphatic rings. The number of aromatic nitrogens is 1. The zero-order valence-electron chi connectivity index (χ0n) is 10.3. The predicted octanol–water partition coefficient (Wildman–Crippen LogP) is 3.62. The van der Waals surface area contributed by atoms with Gasteiger partial charge in [0.1, 0.15) is 0 Å². The number of rotatable bonds is 2. The zero-order chi connectivity index (χ0) is 14.3. The third kappa shape index (κ3) is 1.99. The van der Waals surface area contributed by atoms with Crippen LogP contribution in [0.5, 0.6) is 0 Å². The van der Waals surface area contributed by atoms with E-state index in [0.717, 1.165) is 29.6 Å². The summed E-state index contributed by atoms with van der Waals surface area (Å²) in [7, 11) is 0. The van der Waals surface area contributed by atoms with Crippen molar-refractivity contribution in [2.45, 2.75) is 18.5 Å². The smallest absolute Gasteiger partial charge is 0.293 e. The van der Waals surface area contributed by atoms with Gasteiger partial charge in [-0.25, -0.2) is 0 Å². The van der Waals surface area contributed by atoms with Crippen molar-refractivity contribution in [3.05, 3.63) is 65.0 Å². The minimum absolute atomic E-state index is 0.348. The Balaban J connectivity index is 1.98. The van der Waals surface area contributed by atoms with E-state index >= 15 is 0 Å². The van der Waals surface area contributed by atoms with Gasteiger partial charge in [-0.2, -0.15) is 13.2 Å². The molecule has 102 valence electrons. The van der Waals surface area contributed by atoms with Gasteiger partial charge in [0.25, 0.3) is 0 Å².